The molecule has 5 heteroatoms. The molecule has 0 atom stereocenters. The Bertz CT molecular complexity index is 428. The zero-order valence-electron chi connectivity index (χ0n) is 7.60. The highest BCUT2D eigenvalue weighted by atomic mass is 35.5. The zero-order chi connectivity index (χ0) is 9.26. The van der Waals surface area contributed by atoms with Crippen molar-refractivity contribution < 1.29 is 4.42 Å². The van der Waals surface area contributed by atoms with Crippen LogP contribution in [0.2, 0.25) is 0 Å². The van der Waals surface area contributed by atoms with Crippen LogP contribution in [0.5, 0.6) is 0 Å². The quantitative estimate of drug-likeness (QED) is 0.784. The molecule has 1 aromatic carbocycles. The number of aryl methyl sites for hydroxylation is 1. The van der Waals surface area contributed by atoms with E-state index in [2.05, 4.69) is 10.2 Å². The van der Waals surface area contributed by atoms with Gasteiger partial charge in [-0.05, 0) is 19.1 Å². The number of nitrogen functional groups attached to an aromatic ring is 1. The number of anilines is 1. The first-order valence-electron chi connectivity index (χ1n) is 3.92. The lowest BCUT2D eigenvalue weighted by Gasteiger charge is -1.94. The topological polar surface area (TPSA) is 64.9 Å². The molecule has 0 bridgehead atoms. The van der Waals surface area contributed by atoms with Gasteiger partial charge in [-0.3, -0.25) is 0 Å². The van der Waals surface area contributed by atoms with Crippen molar-refractivity contribution in [2.24, 2.45) is 0 Å². The Hall–Kier alpha value is -1.55. The van der Waals surface area contributed by atoms with Crippen LogP contribution >= 0.6 is 12.4 Å². The molecule has 14 heavy (non-hydrogen) atoms. The highest BCUT2D eigenvalue weighted by Crippen LogP contribution is 2.18. The van der Waals surface area contributed by atoms with Crippen molar-refractivity contribution >= 4 is 18.4 Å². The molecule has 2 aromatic rings. The molecule has 1 heterocycles. The maximum absolute atomic E-state index is 5.31. The van der Waals surface area contributed by atoms with Gasteiger partial charge in [-0.1, -0.05) is 22.8 Å². The molecule has 0 fully saturated rings. The van der Waals surface area contributed by atoms with Crippen molar-refractivity contribution in [3.8, 4) is 11.5 Å². The molecule has 0 saturated heterocycles. The van der Waals surface area contributed by atoms with E-state index in [9.17, 15) is 0 Å². The van der Waals surface area contributed by atoms with Crippen LogP contribution in [0.1, 0.15) is 5.56 Å². The van der Waals surface area contributed by atoms with Crippen molar-refractivity contribution in [1.29, 1.82) is 0 Å². The molecule has 0 unspecified atom stereocenters. The highest BCUT2D eigenvalue weighted by molar-refractivity contribution is 5.85. The summed E-state index contributed by atoms with van der Waals surface area (Å²) in [6.07, 6.45) is 0. The first-order valence-corrected chi connectivity index (χ1v) is 3.92. The molecule has 2 N–H and O–H groups in total. The molecule has 0 spiro atoms. The van der Waals surface area contributed by atoms with Crippen LogP contribution in [0.15, 0.2) is 28.7 Å². The molecular formula is C9H10ClN3O. The number of benzene rings is 1. The second kappa shape index (κ2) is 4.11. The van der Waals surface area contributed by atoms with Crippen LogP contribution in [-0.4, -0.2) is 10.2 Å². The first-order chi connectivity index (χ1) is 6.25. The van der Waals surface area contributed by atoms with Gasteiger partial charge in [0.15, 0.2) is 0 Å². The fraction of sp³-hybridized carbons (Fsp3) is 0.111. The van der Waals surface area contributed by atoms with Crippen molar-refractivity contribution in [2.75, 3.05) is 5.73 Å². The predicted molar refractivity (Wildman–Crippen MR) is 56.1 cm³/mol. The van der Waals surface area contributed by atoms with Gasteiger partial charge >= 0.3 is 6.01 Å². The van der Waals surface area contributed by atoms with Gasteiger partial charge in [0.25, 0.3) is 0 Å². The largest absolute Gasteiger partial charge is 0.404 e. The van der Waals surface area contributed by atoms with Crippen molar-refractivity contribution in [3.05, 3.63) is 29.8 Å². The predicted octanol–water partition coefficient (Wildman–Crippen LogP) is 2.05. The van der Waals surface area contributed by atoms with Crippen LogP contribution in [0.3, 0.4) is 0 Å². The van der Waals surface area contributed by atoms with E-state index < -0.39 is 0 Å². The minimum Gasteiger partial charge on any atom is -0.404 e. The molecular weight excluding hydrogens is 202 g/mol. The Labute approximate surface area is 87.5 Å². The Balaban J connectivity index is 0.000000980. The average Bonchev–Trinajstić information content (AvgIpc) is 2.52. The summed E-state index contributed by atoms with van der Waals surface area (Å²) in [7, 11) is 0. The van der Waals surface area contributed by atoms with Gasteiger partial charge in [-0.2, -0.15) is 0 Å². The lowest BCUT2D eigenvalue weighted by molar-refractivity contribution is 0.590. The third-order valence-electron chi connectivity index (χ3n) is 1.71. The molecule has 1 aromatic heterocycles. The molecule has 0 amide bonds. The van der Waals surface area contributed by atoms with E-state index in [1.807, 2.05) is 31.2 Å². The summed E-state index contributed by atoms with van der Waals surface area (Å²) in [6, 6.07) is 7.90. The van der Waals surface area contributed by atoms with E-state index in [0.29, 0.717) is 5.89 Å². The van der Waals surface area contributed by atoms with Gasteiger partial charge in [0.2, 0.25) is 5.89 Å². The lowest BCUT2D eigenvalue weighted by atomic mass is 10.1. The van der Waals surface area contributed by atoms with E-state index in [0.717, 1.165) is 11.1 Å². The van der Waals surface area contributed by atoms with Crippen LogP contribution in [0.25, 0.3) is 11.5 Å². The van der Waals surface area contributed by atoms with Gasteiger partial charge in [0, 0.05) is 5.56 Å². The van der Waals surface area contributed by atoms with Gasteiger partial charge in [0.1, 0.15) is 0 Å². The third kappa shape index (κ3) is 2.03. The molecule has 0 aliphatic rings. The molecule has 0 saturated carbocycles. The molecule has 2 rings (SSSR count). The van der Waals surface area contributed by atoms with Crippen molar-refractivity contribution in [2.45, 2.75) is 6.92 Å². The fourth-order valence-electron chi connectivity index (χ4n) is 1.13. The average molecular weight is 212 g/mol. The number of rotatable bonds is 1. The Morgan fingerprint density at radius 2 is 2.07 bits per heavy atom. The number of hydrogen-bond donors (Lipinski definition) is 1. The third-order valence-corrected chi connectivity index (χ3v) is 1.71. The minimum absolute atomic E-state index is 0. The van der Waals surface area contributed by atoms with Gasteiger partial charge in [0.05, 0.1) is 0 Å². The molecule has 4 nitrogen and oxygen atoms in total. The second-order valence-corrected chi connectivity index (χ2v) is 2.81. The standard InChI is InChI=1S/C9H9N3O.ClH/c1-6-3-2-4-7(5-6)8-11-12-9(10)13-8;/h2-5H,1H3,(H2,10,12);1H. The summed E-state index contributed by atoms with van der Waals surface area (Å²) in [5.74, 6) is 0.459. The summed E-state index contributed by atoms with van der Waals surface area (Å²) >= 11 is 0. The Morgan fingerprint density at radius 3 is 2.64 bits per heavy atom. The summed E-state index contributed by atoms with van der Waals surface area (Å²) in [5, 5.41) is 7.37. The lowest BCUT2D eigenvalue weighted by Crippen LogP contribution is -1.81. The second-order valence-electron chi connectivity index (χ2n) is 2.81. The summed E-state index contributed by atoms with van der Waals surface area (Å²) in [5.41, 5.74) is 7.35. The van der Waals surface area contributed by atoms with Gasteiger partial charge < -0.3 is 10.2 Å². The van der Waals surface area contributed by atoms with Gasteiger partial charge in [-0.25, -0.2) is 0 Å². The number of nitrogens with two attached hydrogens (primary N) is 1. The fourth-order valence-corrected chi connectivity index (χ4v) is 1.13. The van der Waals surface area contributed by atoms with Crippen molar-refractivity contribution in [3.63, 3.8) is 0 Å². The molecule has 0 aliphatic carbocycles. The van der Waals surface area contributed by atoms with E-state index in [-0.39, 0.29) is 18.4 Å². The molecule has 0 radical (unpaired) electrons. The summed E-state index contributed by atoms with van der Waals surface area (Å²) in [4.78, 5) is 0. The SMILES string of the molecule is Cc1cccc(-c2nnc(N)o2)c1.Cl. The number of hydrogen-bond acceptors (Lipinski definition) is 4. The van der Waals surface area contributed by atoms with E-state index in [4.69, 9.17) is 10.2 Å². The van der Waals surface area contributed by atoms with E-state index in [1.54, 1.807) is 0 Å². The Kier molecular flexibility index (Phi) is 3.09. The highest BCUT2D eigenvalue weighted by Gasteiger charge is 2.04. The van der Waals surface area contributed by atoms with E-state index >= 15 is 0 Å². The smallest absolute Gasteiger partial charge is 0.313 e. The number of aromatic nitrogens is 2. The first kappa shape index (κ1) is 10.5. The number of nitrogens with zero attached hydrogens (tertiary/aromatic N) is 2. The minimum atomic E-state index is 0. The van der Waals surface area contributed by atoms with Crippen LogP contribution in [-0.2, 0) is 0 Å². The monoisotopic (exact) mass is 211 g/mol. The number of halogens is 1. The van der Waals surface area contributed by atoms with E-state index in [1.165, 1.54) is 0 Å². The van der Waals surface area contributed by atoms with Crippen molar-refractivity contribution in [1.82, 2.24) is 10.2 Å². The molecule has 74 valence electrons. The maximum atomic E-state index is 5.31. The summed E-state index contributed by atoms with van der Waals surface area (Å²) in [6.45, 7) is 2.00. The summed E-state index contributed by atoms with van der Waals surface area (Å²) < 4.78 is 5.08. The van der Waals surface area contributed by atoms with Crippen LogP contribution in [0, 0.1) is 6.92 Å². The normalized spacial score (nSPS) is 9.50. The maximum Gasteiger partial charge on any atom is 0.313 e. The van der Waals surface area contributed by atoms with Gasteiger partial charge in [-0.15, -0.1) is 17.5 Å². The molecule has 0 aliphatic heterocycles. The van der Waals surface area contributed by atoms with Crippen LogP contribution in [0.4, 0.5) is 6.01 Å². The Morgan fingerprint density at radius 1 is 1.29 bits per heavy atom. The zero-order valence-corrected chi connectivity index (χ0v) is 8.41. The van der Waals surface area contributed by atoms with Crippen LogP contribution < -0.4 is 5.73 Å².